The van der Waals surface area contributed by atoms with Crippen molar-refractivity contribution in [1.82, 2.24) is 4.90 Å². The van der Waals surface area contributed by atoms with E-state index in [2.05, 4.69) is 46.4 Å². The van der Waals surface area contributed by atoms with Crippen LogP contribution in [0.3, 0.4) is 0 Å². The summed E-state index contributed by atoms with van der Waals surface area (Å²) in [5.74, 6) is 0.0284. The number of hydrogen-bond acceptors (Lipinski definition) is 3. The van der Waals surface area contributed by atoms with Crippen molar-refractivity contribution in [2.75, 3.05) is 6.54 Å². The fraction of sp³-hybridized carbons (Fsp3) is 0.971. The van der Waals surface area contributed by atoms with Crippen molar-refractivity contribution >= 4 is 5.97 Å². The Labute approximate surface area is 239 Å². The summed E-state index contributed by atoms with van der Waals surface area (Å²) in [7, 11) is 0. The van der Waals surface area contributed by atoms with Gasteiger partial charge in [0, 0.05) is 30.3 Å². The quantitative estimate of drug-likeness (QED) is 0.0909. The van der Waals surface area contributed by atoms with Gasteiger partial charge in [0.2, 0.25) is 0 Å². The number of hydrogen-bond donors (Lipinski definition) is 0. The molecule has 0 aliphatic carbocycles. The van der Waals surface area contributed by atoms with Crippen molar-refractivity contribution in [3.8, 4) is 0 Å². The first kappa shape index (κ1) is 35.5. The SMILES string of the molecule is CCCCCCCCCCCCCCCCCC(=O)OC1CC(C)(C)N(CCCCCCCC)C(C)(C)C1. The summed E-state index contributed by atoms with van der Waals surface area (Å²) in [6.45, 7) is 15.1. The molecule has 0 bridgehead atoms. The van der Waals surface area contributed by atoms with Gasteiger partial charge in [-0.15, -0.1) is 0 Å². The van der Waals surface area contributed by atoms with Crippen LogP contribution in [-0.4, -0.2) is 34.6 Å². The van der Waals surface area contributed by atoms with Gasteiger partial charge >= 0.3 is 5.97 Å². The van der Waals surface area contributed by atoms with Gasteiger partial charge in [-0.25, -0.2) is 0 Å². The van der Waals surface area contributed by atoms with Gasteiger partial charge in [-0.3, -0.25) is 9.69 Å². The van der Waals surface area contributed by atoms with Gasteiger partial charge in [-0.05, 0) is 47.1 Å². The third-order valence-corrected chi connectivity index (χ3v) is 8.93. The molecule has 0 aromatic rings. The average Bonchev–Trinajstić information content (AvgIpc) is 2.84. The molecule has 38 heavy (non-hydrogen) atoms. The first-order valence-electron chi connectivity index (χ1n) is 17.2. The highest BCUT2D eigenvalue weighted by Gasteiger charge is 2.46. The van der Waals surface area contributed by atoms with E-state index < -0.39 is 0 Å². The van der Waals surface area contributed by atoms with Crippen LogP contribution >= 0.6 is 0 Å². The highest BCUT2D eigenvalue weighted by atomic mass is 16.5. The van der Waals surface area contributed by atoms with Crippen molar-refractivity contribution < 1.29 is 9.53 Å². The normalized spacial score (nSPS) is 17.6. The fourth-order valence-electron chi connectivity index (χ4n) is 6.85. The summed E-state index contributed by atoms with van der Waals surface area (Å²) in [5.41, 5.74) is 0.148. The van der Waals surface area contributed by atoms with E-state index in [1.165, 1.54) is 128 Å². The maximum atomic E-state index is 12.6. The minimum absolute atomic E-state index is 0.0284. The largest absolute Gasteiger partial charge is 0.462 e. The number of carbonyl (C=O) groups is 1. The smallest absolute Gasteiger partial charge is 0.306 e. The van der Waals surface area contributed by atoms with Gasteiger partial charge in [-0.2, -0.15) is 0 Å². The first-order chi connectivity index (χ1) is 18.2. The van der Waals surface area contributed by atoms with Crippen molar-refractivity contribution in [1.29, 1.82) is 0 Å². The lowest BCUT2D eigenvalue weighted by Gasteiger charge is -2.55. The Kier molecular flexibility index (Phi) is 19.8. The molecule has 0 amide bonds. The number of esters is 1. The Morgan fingerprint density at radius 2 is 0.921 bits per heavy atom. The van der Waals surface area contributed by atoms with E-state index in [1.54, 1.807) is 0 Å². The lowest BCUT2D eigenvalue weighted by molar-refractivity contribution is -0.160. The Bertz CT molecular complexity index is 552. The van der Waals surface area contributed by atoms with E-state index in [9.17, 15) is 4.79 Å². The van der Waals surface area contributed by atoms with Crippen molar-refractivity contribution in [3.05, 3.63) is 0 Å². The van der Waals surface area contributed by atoms with Crippen LogP contribution in [-0.2, 0) is 9.53 Å². The molecule has 1 aliphatic rings. The topological polar surface area (TPSA) is 29.5 Å². The van der Waals surface area contributed by atoms with Crippen LogP contribution < -0.4 is 0 Å². The van der Waals surface area contributed by atoms with Crippen LogP contribution in [0.15, 0.2) is 0 Å². The standard InChI is InChI=1S/C35H69NO2/c1-7-9-11-13-15-16-17-18-19-20-21-22-23-24-26-28-33(37)38-32-30-34(3,4)36(35(5,6)31-32)29-27-25-14-12-10-8-2/h32H,7-31H2,1-6H3. The van der Waals surface area contributed by atoms with Crippen molar-refractivity contribution in [3.63, 3.8) is 0 Å². The molecule has 0 saturated carbocycles. The van der Waals surface area contributed by atoms with Crippen LogP contribution in [0.2, 0.25) is 0 Å². The van der Waals surface area contributed by atoms with Crippen LogP contribution in [0.1, 0.15) is 196 Å². The molecular weight excluding hydrogens is 466 g/mol. The third-order valence-electron chi connectivity index (χ3n) is 8.93. The Hall–Kier alpha value is -0.570. The molecule has 3 nitrogen and oxygen atoms in total. The summed E-state index contributed by atoms with van der Waals surface area (Å²) < 4.78 is 6.03. The molecule has 1 fully saturated rings. The van der Waals surface area contributed by atoms with Gasteiger partial charge in [0.25, 0.3) is 0 Å². The molecule has 1 heterocycles. The zero-order valence-corrected chi connectivity index (χ0v) is 27.0. The lowest BCUT2D eigenvalue weighted by atomic mass is 9.78. The molecular formula is C35H69NO2. The van der Waals surface area contributed by atoms with E-state index in [0.717, 1.165) is 25.8 Å². The highest BCUT2D eigenvalue weighted by Crippen LogP contribution is 2.40. The summed E-state index contributed by atoms with van der Waals surface area (Å²) in [6.07, 6.45) is 30.9. The summed E-state index contributed by atoms with van der Waals surface area (Å²) in [6, 6.07) is 0. The molecule has 1 aliphatic heterocycles. The number of piperidine rings is 1. The van der Waals surface area contributed by atoms with E-state index in [4.69, 9.17) is 4.74 Å². The Morgan fingerprint density at radius 1 is 0.579 bits per heavy atom. The second kappa shape index (κ2) is 21.2. The number of carbonyl (C=O) groups excluding carboxylic acids is 1. The van der Waals surface area contributed by atoms with Crippen molar-refractivity contribution in [2.45, 2.75) is 213 Å². The van der Waals surface area contributed by atoms with Gasteiger partial charge in [0.15, 0.2) is 0 Å². The number of ether oxygens (including phenoxy) is 1. The zero-order chi connectivity index (χ0) is 28.1. The molecule has 226 valence electrons. The molecule has 0 unspecified atom stereocenters. The summed E-state index contributed by atoms with van der Waals surface area (Å²) in [5, 5.41) is 0. The minimum Gasteiger partial charge on any atom is -0.462 e. The predicted octanol–water partition coefficient (Wildman–Crippen LogP) is 11.2. The zero-order valence-electron chi connectivity index (χ0n) is 27.0. The molecule has 0 atom stereocenters. The Balaban J connectivity index is 2.10. The first-order valence-corrected chi connectivity index (χ1v) is 17.2. The second-order valence-electron chi connectivity index (χ2n) is 13.8. The number of likely N-dealkylation sites (tertiary alicyclic amines) is 1. The highest BCUT2D eigenvalue weighted by molar-refractivity contribution is 5.69. The van der Waals surface area contributed by atoms with E-state index >= 15 is 0 Å². The maximum Gasteiger partial charge on any atom is 0.306 e. The third kappa shape index (κ3) is 16.5. The number of rotatable bonds is 24. The van der Waals surface area contributed by atoms with Gasteiger partial charge in [0.1, 0.15) is 6.10 Å². The van der Waals surface area contributed by atoms with E-state index in [0.29, 0.717) is 6.42 Å². The van der Waals surface area contributed by atoms with Crippen LogP contribution in [0.4, 0.5) is 0 Å². The molecule has 0 radical (unpaired) electrons. The van der Waals surface area contributed by atoms with Crippen LogP contribution in [0, 0.1) is 0 Å². The second-order valence-corrected chi connectivity index (χ2v) is 13.8. The summed E-state index contributed by atoms with van der Waals surface area (Å²) in [4.78, 5) is 15.3. The molecule has 3 heteroatoms. The monoisotopic (exact) mass is 536 g/mol. The fourth-order valence-corrected chi connectivity index (χ4v) is 6.85. The van der Waals surface area contributed by atoms with E-state index in [1.807, 2.05) is 0 Å². The van der Waals surface area contributed by atoms with Gasteiger partial charge < -0.3 is 4.74 Å². The molecule has 0 spiro atoms. The molecule has 1 saturated heterocycles. The number of nitrogens with zero attached hydrogens (tertiary/aromatic N) is 1. The average molecular weight is 536 g/mol. The minimum atomic E-state index is 0.0284. The van der Waals surface area contributed by atoms with Crippen LogP contribution in [0.25, 0.3) is 0 Å². The molecule has 0 aromatic carbocycles. The Morgan fingerprint density at radius 3 is 1.32 bits per heavy atom. The van der Waals surface area contributed by atoms with Gasteiger partial charge in [-0.1, -0.05) is 136 Å². The molecule has 0 N–H and O–H groups in total. The predicted molar refractivity (Wildman–Crippen MR) is 167 cm³/mol. The lowest BCUT2D eigenvalue weighted by Crippen LogP contribution is -2.62. The number of unbranched alkanes of at least 4 members (excludes halogenated alkanes) is 19. The summed E-state index contributed by atoms with van der Waals surface area (Å²) >= 11 is 0. The molecule has 1 rings (SSSR count). The van der Waals surface area contributed by atoms with E-state index in [-0.39, 0.29) is 23.2 Å². The van der Waals surface area contributed by atoms with Crippen LogP contribution in [0.5, 0.6) is 0 Å². The molecule has 0 aromatic heterocycles. The van der Waals surface area contributed by atoms with Crippen molar-refractivity contribution in [2.24, 2.45) is 0 Å². The maximum absolute atomic E-state index is 12.6. The van der Waals surface area contributed by atoms with Gasteiger partial charge in [0.05, 0.1) is 0 Å².